The van der Waals surface area contributed by atoms with E-state index >= 15 is 0 Å². The number of hydrogen-bond donors (Lipinski definition) is 0. The number of benzene rings is 1. The summed E-state index contributed by atoms with van der Waals surface area (Å²) in [6, 6.07) is 15.0. The van der Waals surface area contributed by atoms with E-state index in [2.05, 4.69) is 102 Å². The van der Waals surface area contributed by atoms with Crippen molar-refractivity contribution < 1.29 is 0 Å². The van der Waals surface area contributed by atoms with Gasteiger partial charge in [-0.25, -0.2) is 0 Å². The maximum Gasteiger partial charge on any atom is 0.0515 e. The van der Waals surface area contributed by atoms with Gasteiger partial charge in [0.1, 0.15) is 0 Å². The van der Waals surface area contributed by atoms with Crippen LogP contribution in [0.5, 0.6) is 0 Å². The number of aromatic nitrogens is 1. The zero-order chi connectivity index (χ0) is 24.7. The van der Waals surface area contributed by atoms with Gasteiger partial charge in [-0.1, -0.05) is 105 Å². The fourth-order valence-electron chi connectivity index (χ4n) is 3.69. The summed E-state index contributed by atoms with van der Waals surface area (Å²) >= 11 is 0. The van der Waals surface area contributed by atoms with E-state index < -0.39 is 0 Å². The lowest BCUT2D eigenvalue weighted by atomic mass is 9.71. The third-order valence-corrected chi connectivity index (χ3v) is 5.63. The highest BCUT2D eigenvalue weighted by molar-refractivity contribution is 5.64. The topological polar surface area (TPSA) is 12.9 Å². The summed E-state index contributed by atoms with van der Waals surface area (Å²) in [6.07, 6.45) is 18.8. The molecule has 0 aliphatic rings. The normalized spacial score (nSPS) is 14.1. The van der Waals surface area contributed by atoms with Crippen LogP contribution >= 0.6 is 0 Å². The quantitative estimate of drug-likeness (QED) is 0.265. The van der Waals surface area contributed by atoms with Crippen molar-refractivity contribution >= 4 is 0 Å². The molecule has 1 heteroatoms. The molecule has 0 fully saturated rings. The molecule has 2 unspecified atom stereocenters. The summed E-state index contributed by atoms with van der Waals surface area (Å²) in [5, 5.41) is 0. The van der Waals surface area contributed by atoms with Gasteiger partial charge in [0.05, 0.1) is 5.69 Å². The number of hydrogen-bond acceptors (Lipinski definition) is 1. The van der Waals surface area contributed by atoms with E-state index in [4.69, 9.17) is 4.98 Å². The Morgan fingerprint density at radius 3 is 2.12 bits per heavy atom. The molecule has 0 N–H and O–H groups in total. The van der Waals surface area contributed by atoms with Gasteiger partial charge in [0.25, 0.3) is 0 Å². The predicted molar refractivity (Wildman–Crippen MR) is 149 cm³/mol. The van der Waals surface area contributed by atoms with Crippen molar-refractivity contribution in [2.45, 2.75) is 52.4 Å². The monoisotopic (exact) mass is 439 g/mol. The Hall–Kier alpha value is -3.19. The molecular weight excluding hydrogens is 398 g/mol. The Bertz CT molecular complexity index is 959. The van der Waals surface area contributed by atoms with E-state index in [1.54, 1.807) is 6.08 Å². The molecule has 1 aromatic carbocycles. The minimum atomic E-state index is -0.223. The van der Waals surface area contributed by atoms with Crippen molar-refractivity contribution in [2.24, 2.45) is 5.92 Å². The van der Waals surface area contributed by atoms with E-state index in [9.17, 15) is 0 Å². The standard InChI is InChI=1S/C25H31N.C7H10/c1-7-13-22(9-3)25(6,16-8-2)24-18-21(17-23(26-24)19(4)5)20-14-11-10-12-15-20;1-3-5-7-6-4-2/h7-12,14-19,22H,1,3,13H2,2,4-6H3;3-7H,1H2,2H3/b;6-4-,7-5-. The highest BCUT2D eigenvalue weighted by atomic mass is 14.7. The average molecular weight is 440 g/mol. The second-order valence-electron chi connectivity index (χ2n) is 8.48. The molecule has 33 heavy (non-hydrogen) atoms. The van der Waals surface area contributed by atoms with E-state index in [0.29, 0.717) is 5.92 Å². The lowest BCUT2D eigenvalue weighted by molar-refractivity contribution is 0.421. The Balaban J connectivity index is 0.000000675. The van der Waals surface area contributed by atoms with Crippen LogP contribution in [-0.4, -0.2) is 4.98 Å². The Morgan fingerprint density at radius 1 is 0.909 bits per heavy atom. The second kappa shape index (κ2) is 14.8. The van der Waals surface area contributed by atoms with Crippen LogP contribution in [0.25, 0.3) is 11.1 Å². The zero-order valence-electron chi connectivity index (χ0n) is 21.2. The smallest absolute Gasteiger partial charge is 0.0515 e. The van der Waals surface area contributed by atoms with Gasteiger partial charge in [0.2, 0.25) is 0 Å². The summed E-state index contributed by atoms with van der Waals surface area (Å²) < 4.78 is 0. The molecule has 0 amide bonds. The van der Waals surface area contributed by atoms with Crippen LogP contribution in [0.1, 0.15) is 58.3 Å². The lowest BCUT2D eigenvalue weighted by Crippen LogP contribution is -2.30. The van der Waals surface area contributed by atoms with Gasteiger partial charge in [-0.05, 0) is 62.3 Å². The molecular formula is C32H41N. The van der Waals surface area contributed by atoms with Gasteiger partial charge in [-0.2, -0.15) is 0 Å². The summed E-state index contributed by atoms with van der Waals surface area (Å²) in [4.78, 5) is 5.07. The van der Waals surface area contributed by atoms with Crippen LogP contribution in [-0.2, 0) is 5.41 Å². The molecule has 0 radical (unpaired) electrons. The van der Waals surface area contributed by atoms with Crippen LogP contribution in [0.2, 0.25) is 0 Å². The summed E-state index contributed by atoms with van der Waals surface area (Å²) in [5.74, 6) is 0.614. The second-order valence-corrected chi connectivity index (χ2v) is 8.48. The first-order valence-electron chi connectivity index (χ1n) is 11.7. The Labute approximate surface area is 202 Å². The van der Waals surface area contributed by atoms with Crippen molar-refractivity contribution in [3.8, 4) is 11.1 Å². The van der Waals surface area contributed by atoms with Gasteiger partial charge in [0, 0.05) is 11.1 Å². The fraction of sp³-hybridized carbons (Fsp3) is 0.281. The van der Waals surface area contributed by atoms with E-state index in [0.717, 1.165) is 17.8 Å². The van der Waals surface area contributed by atoms with E-state index in [1.807, 2.05) is 43.4 Å². The zero-order valence-corrected chi connectivity index (χ0v) is 21.2. The largest absolute Gasteiger partial charge is 0.257 e. The van der Waals surface area contributed by atoms with Crippen molar-refractivity contribution in [3.63, 3.8) is 0 Å². The van der Waals surface area contributed by atoms with Crippen molar-refractivity contribution in [2.75, 3.05) is 0 Å². The first-order valence-corrected chi connectivity index (χ1v) is 11.7. The Kier molecular flexibility index (Phi) is 12.5. The van der Waals surface area contributed by atoms with Gasteiger partial charge < -0.3 is 0 Å². The number of rotatable bonds is 10. The number of allylic oxidation sites excluding steroid dienone is 9. The molecule has 0 saturated heterocycles. The minimum Gasteiger partial charge on any atom is -0.257 e. The summed E-state index contributed by atoms with van der Waals surface area (Å²) in [6.45, 7) is 22.2. The van der Waals surface area contributed by atoms with Crippen LogP contribution in [0, 0.1) is 5.92 Å². The molecule has 0 spiro atoms. The highest BCUT2D eigenvalue weighted by Gasteiger charge is 2.33. The number of nitrogens with zero attached hydrogens (tertiary/aromatic N) is 1. The molecule has 1 aromatic heterocycles. The van der Waals surface area contributed by atoms with Crippen molar-refractivity contribution in [1.82, 2.24) is 4.98 Å². The van der Waals surface area contributed by atoms with Gasteiger partial charge in [-0.3, -0.25) is 4.98 Å². The lowest BCUT2D eigenvalue weighted by Gasteiger charge is -2.33. The predicted octanol–water partition coefficient (Wildman–Crippen LogP) is 9.39. The molecule has 0 aliphatic heterocycles. The molecule has 2 atom stereocenters. The van der Waals surface area contributed by atoms with Crippen molar-refractivity contribution in [3.05, 3.63) is 128 Å². The van der Waals surface area contributed by atoms with E-state index in [-0.39, 0.29) is 11.3 Å². The molecule has 0 aliphatic carbocycles. The molecule has 1 nitrogen and oxygen atoms in total. The van der Waals surface area contributed by atoms with E-state index in [1.165, 1.54) is 11.1 Å². The van der Waals surface area contributed by atoms with Crippen LogP contribution < -0.4 is 0 Å². The van der Waals surface area contributed by atoms with Gasteiger partial charge in [-0.15, -0.1) is 13.2 Å². The SMILES string of the molecule is C=C/C=C\C=C/C.C=CCC(C=C)C(C)(C=CC)c1cc(-c2ccccc2)cc(C(C)C)n1. The molecule has 0 saturated carbocycles. The summed E-state index contributed by atoms with van der Waals surface area (Å²) in [7, 11) is 0. The highest BCUT2D eigenvalue weighted by Crippen LogP contribution is 2.38. The van der Waals surface area contributed by atoms with Gasteiger partial charge in [0.15, 0.2) is 0 Å². The maximum atomic E-state index is 5.07. The fourth-order valence-corrected chi connectivity index (χ4v) is 3.69. The minimum absolute atomic E-state index is 0.223. The maximum absolute atomic E-state index is 5.07. The van der Waals surface area contributed by atoms with Crippen LogP contribution in [0.15, 0.2) is 117 Å². The van der Waals surface area contributed by atoms with Crippen molar-refractivity contribution in [1.29, 1.82) is 0 Å². The molecule has 2 aromatic rings. The number of pyridine rings is 1. The first kappa shape index (κ1) is 27.8. The summed E-state index contributed by atoms with van der Waals surface area (Å²) in [5.41, 5.74) is 4.43. The third-order valence-electron chi connectivity index (χ3n) is 5.63. The van der Waals surface area contributed by atoms with Gasteiger partial charge >= 0.3 is 0 Å². The first-order chi connectivity index (χ1) is 15.9. The average Bonchev–Trinajstić information content (AvgIpc) is 2.83. The molecule has 1 heterocycles. The molecule has 174 valence electrons. The third kappa shape index (κ3) is 8.35. The van der Waals surface area contributed by atoms with Crippen LogP contribution in [0.4, 0.5) is 0 Å². The molecule has 2 rings (SSSR count). The molecule has 0 bridgehead atoms. The van der Waals surface area contributed by atoms with Crippen LogP contribution in [0.3, 0.4) is 0 Å². The Morgan fingerprint density at radius 2 is 1.61 bits per heavy atom.